The highest BCUT2D eigenvalue weighted by Gasteiger charge is 2.42. The van der Waals surface area contributed by atoms with Gasteiger partial charge >= 0.3 is 6.18 Å². The van der Waals surface area contributed by atoms with E-state index in [1.165, 1.54) is 12.8 Å². The first-order valence-corrected chi connectivity index (χ1v) is 7.75. The Hall–Kier alpha value is -1.11. The van der Waals surface area contributed by atoms with Crippen LogP contribution in [0.3, 0.4) is 0 Å². The van der Waals surface area contributed by atoms with Crippen LogP contribution in [0, 0.1) is 5.92 Å². The molecule has 0 aliphatic carbocycles. The first-order chi connectivity index (χ1) is 10.0. The zero-order valence-corrected chi connectivity index (χ0v) is 12.0. The second-order valence-corrected chi connectivity index (χ2v) is 6.11. The number of fused-ring (bicyclic) bond motifs is 1. The molecule has 0 radical (unpaired) electrons. The molecule has 2 aliphatic rings. The number of nitrogens with one attached hydrogen (secondary N) is 1. The lowest BCUT2D eigenvalue weighted by molar-refractivity contribution is -0.182. The minimum atomic E-state index is -4.12. The van der Waals surface area contributed by atoms with Crippen LogP contribution in [0.15, 0.2) is 0 Å². The van der Waals surface area contributed by atoms with Crippen LogP contribution in [0.2, 0.25) is 0 Å². The van der Waals surface area contributed by atoms with Crippen molar-refractivity contribution in [3.05, 3.63) is 11.6 Å². The lowest BCUT2D eigenvalue weighted by Crippen LogP contribution is -2.35. The molecule has 0 amide bonds. The average molecular weight is 302 g/mol. The standard InChI is InChI=1S/C14H21F3N4/c15-14(16,17)10-4-6-12-19-20-13(21(12)9-10)7-5-11-3-1-2-8-18-11/h10-11,18H,1-9H2. The summed E-state index contributed by atoms with van der Waals surface area (Å²) < 4.78 is 40.4. The third-order valence-electron chi connectivity index (χ3n) is 4.62. The number of hydrogen-bond donors (Lipinski definition) is 1. The normalized spacial score (nSPS) is 26.6. The number of aryl methyl sites for hydroxylation is 2. The van der Waals surface area contributed by atoms with Gasteiger partial charge < -0.3 is 9.88 Å². The summed E-state index contributed by atoms with van der Waals surface area (Å²) in [6.45, 7) is 1.03. The third-order valence-corrected chi connectivity index (χ3v) is 4.62. The lowest BCUT2D eigenvalue weighted by Gasteiger charge is -2.27. The van der Waals surface area contributed by atoms with Crippen LogP contribution in [0.1, 0.15) is 43.8 Å². The fourth-order valence-corrected chi connectivity index (χ4v) is 3.31. The van der Waals surface area contributed by atoms with E-state index in [9.17, 15) is 13.2 Å². The molecule has 4 nitrogen and oxygen atoms in total. The second-order valence-electron chi connectivity index (χ2n) is 6.11. The number of halogens is 3. The maximum Gasteiger partial charge on any atom is 0.393 e. The molecule has 21 heavy (non-hydrogen) atoms. The first-order valence-electron chi connectivity index (χ1n) is 7.75. The molecule has 1 N–H and O–H groups in total. The van der Waals surface area contributed by atoms with Gasteiger partial charge in [-0.2, -0.15) is 13.2 Å². The highest BCUT2D eigenvalue weighted by molar-refractivity contribution is 5.01. The van der Waals surface area contributed by atoms with Crippen LogP contribution in [0.4, 0.5) is 13.2 Å². The summed E-state index contributed by atoms with van der Waals surface area (Å²) >= 11 is 0. The van der Waals surface area contributed by atoms with Crippen molar-refractivity contribution >= 4 is 0 Å². The van der Waals surface area contributed by atoms with Gasteiger partial charge in [0.15, 0.2) is 0 Å². The zero-order valence-electron chi connectivity index (χ0n) is 12.0. The Kier molecular flexibility index (Phi) is 4.19. The van der Waals surface area contributed by atoms with Crippen molar-refractivity contribution in [2.75, 3.05) is 6.54 Å². The molecule has 2 atom stereocenters. The van der Waals surface area contributed by atoms with Gasteiger partial charge in [-0.05, 0) is 32.2 Å². The molecule has 3 rings (SSSR count). The maximum absolute atomic E-state index is 12.9. The van der Waals surface area contributed by atoms with E-state index in [2.05, 4.69) is 15.5 Å². The van der Waals surface area contributed by atoms with Gasteiger partial charge in [-0.1, -0.05) is 6.42 Å². The summed E-state index contributed by atoms with van der Waals surface area (Å²) in [7, 11) is 0. The molecule has 0 saturated carbocycles. The Morgan fingerprint density at radius 1 is 1.19 bits per heavy atom. The Bertz CT molecular complexity index is 477. The minimum absolute atomic E-state index is 0.0146. The predicted molar refractivity (Wildman–Crippen MR) is 71.9 cm³/mol. The smallest absolute Gasteiger partial charge is 0.314 e. The molecule has 2 aliphatic heterocycles. The molecule has 118 valence electrons. The quantitative estimate of drug-likeness (QED) is 0.933. The van der Waals surface area contributed by atoms with Crippen LogP contribution in [0.25, 0.3) is 0 Å². The van der Waals surface area contributed by atoms with Crippen LogP contribution in [-0.4, -0.2) is 33.5 Å². The fraction of sp³-hybridized carbons (Fsp3) is 0.857. The molecule has 2 unspecified atom stereocenters. The molecular weight excluding hydrogens is 281 g/mol. The fourth-order valence-electron chi connectivity index (χ4n) is 3.31. The van der Waals surface area contributed by atoms with Gasteiger partial charge in [0.25, 0.3) is 0 Å². The molecule has 7 heteroatoms. The van der Waals surface area contributed by atoms with E-state index in [0.29, 0.717) is 30.5 Å². The Balaban J connectivity index is 1.64. The van der Waals surface area contributed by atoms with Crippen molar-refractivity contribution in [3.8, 4) is 0 Å². The van der Waals surface area contributed by atoms with Gasteiger partial charge in [-0.15, -0.1) is 10.2 Å². The van der Waals surface area contributed by atoms with E-state index in [1.54, 1.807) is 4.57 Å². The number of nitrogens with zero attached hydrogens (tertiary/aromatic N) is 3. The van der Waals surface area contributed by atoms with E-state index < -0.39 is 12.1 Å². The van der Waals surface area contributed by atoms with Crippen molar-refractivity contribution in [2.24, 2.45) is 5.92 Å². The molecule has 1 aromatic rings. The van der Waals surface area contributed by atoms with E-state index in [0.717, 1.165) is 19.4 Å². The SMILES string of the molecule is FC(F)(F)C1CCc2nnc(CCC3CCCCN3)n2C1. The second kappa shape index (κ2) is 5.94. The molecule has 1 saturated heterocycles. The van der Waals surface area contributed by atoms with Crippen molar-refractivity contribution in [2.45, 2.75) is 63.7 Å². The van der Waals surface area contributed by atoms with E-state index in [4.69, 9.17) is 0 Å². The van der Waals surface area contributed by atoms with Crippen molar-refractivity contribution in [3.63, 3.8) is 0 Å². The highest BCUT2D eigenvalue weighted by Crippen LogP contribution is 2.34. The monoisotopic (exact) mass is 302 g/mol. The van der Waals surface area contributed by atoms with Gasteiger partial charge in [-0.3, -0.25) is 0 Å². The number of piperidine rings is 1. The summed E-state index contributed by atoms with van der Waals surface area (Å²) in [5, 5.41) is 11.6. The van der Waals surface area contributed by atoms with Crippen LogP contribution < -0.4 is 5.32 Å². The van der Waals surface area contributed by atoms with Crippen molar-refractivity contribution in [1.82, 2.24) is 20.1 Å². The summed E-state index contributed by atoms with van der Waals surface area (Å²) in [5.74, 6) is 0.168. The van der Waals surface area contributed by atoms with E-state index >= 15 is 0 Å². The van der Waals surface area contributed by atoms with Crippen LogP contribution in [0.5, 0.6) is 0 Å². The largest absolute Gasteiger partial charge is 0.393 e. The number of aromatic nitrogens is 3. The summed E-state index contributed by atoms with van der Waals surface area (Å²) in [4.78, 5) is 0. The average Bonchev–Trinajstić information content (AvgIpc) is 2.87. The Morgan fingerprint density at radius 3 is 2.76 bits per heavy atom. The topological polar surface area (TPSA) is 42.7 Å². The molecule has 0 bridgehead atoms. The molecule has 1 fully saturated rings. The molecule has 3 heterocycles. The van der Waals surface area contributed by atoms with Gasteiger partial charge in [0, 0.05) is 25.4 Å². The zero-order chi connectivity index (χ0) is 14.9. The van der Waals surface area contributed by atoms with Gasteiger partial charge in [-0.25, -0.2) is 0 Å². The van der Waals surface area contributed by atoms with Crippen LogP contribution >= 0.6 is 0 Å². The molecular formula is C14H21F3N4. The van der Waals surface area contributed by atoms with E-state index in [1.807, 2.05) is 0 Å². The van der Waals surface area contributed by atoms with Crippen molar-refractivity contribution in [1.29, 1.82) is 0 Å². The molecule has 0 aromatic carbocycles. The summed E-state index contributed by atoms with van der Waals surface area (Å²) in [6, 6.07) is 0.466. The summed E-state index contributed by atoms with van der Waals surface area (Å²) in [5.41, 5.74) is 0. The summed E-state index contributed by atoms with van der Waals surface area (Å²) in [6.07, 6.45) is 1.60. The number of rotatable bonds is 3. The number of hydrogen-bond acceptors (Lipinski definition) is 3. The number of alkyl halides is 3. The van der Waals surface area contributed by atoms with E-state index in [-0.39, 0.29) is 13.0 Å². The lowest BCUT2D eigenvalue weighted by atomic mass is 9.98. The molecule has 0 spiro atoms. The molecule has 1 aromatic heterocycles. The van der Waals surface area contributed by atoms with Gasteiger partial charge in [0.05, 0.1) is 5.92 Å². The van der Waals surface area contributed by atoms with Gasteiger partial charge in [0.1, 0.15) is 11.6 Å². The Morgan fingerprint density at radius 2 is 2.05 bits per heavy atom. The highest BCUT2D eigenvalue weighted by atomic mass is 19.4. The van der Waals surface area contributed by atoms with Crippen molar-refractivity contribution < 1.29 is 13.2 Å². The maximum atomic E-state index is 12.9. The first kappa shape index (κ1) is 14.8. The minimum Gasteiger partial charge on any atom is -0.314 e. The third kappa shape index (κ3) is 3.39. The van der Waals surface area contributed by atoms with Crippen LogP contribution in [-0.2, 0) is 19.4 Å². The van der Waals surface area contributed by atoms with Gasteiger partial charge in [0.2, 0.25) is 0 Å². The predicted octanol–water partition coefficient (Wildman–Crippen LogP) is 2.48. The Labute approximate surface area is 122 Å².